The quantitative estimate of drug-likeness (QED) is 0.450. The Morgan fingerprint density at radius 1 is 1.13 bits per heavy atom. The number of ether oxygens (including phenoxy) is 1. The summed E-state index contributed by atoms with van der Waals surface area (Å²) in [4.78, 5) is 2.44. The van der Waals surface area contributed by atoms with Gasteiger partial charge in [-0.15, -0.1) is 0 Å². The largest absolute Gasteiger partial charge is 0.463 e. The molecule has 2 heterocycles. The van der Waals surface area contributed by atoms with Crippen LogP contribution < -0.4 is 15.4 Å². The van der Waals surface area contributed by atoms with Crippen molar-refractivity contribution < 1.29 is 9.22 Å². The Morgan fingerprint density at radius 2 is 1.87 bits per heavy atom. The third kappa shape index (κ3) is 3.18. The smallest absolute Gasteiger partial charge is 0.212 e. The van der Waals surface area contributed by atoms with Gasteiger partial charge in [0, 0.05) is 29.8 Å². The molecule has 30 heavy (non-hydrogen) atoms. The number of fused-ring (bicyclic) bond motifs is 2. The van der Waals surface area contributed by atoms with Gasteiger partial charge in [0.1, 0.15) is 11.6 Å². The molecular weight excluding hydrogens is 372 g/mol. The summed E-state index contributed by atoms with van der Waals surface area (Å²) in [6.45, 7) is 6.55. The SMILES string of the molecule is CC1(C)c2ccccc2N(CCC[N+](C)(C)C)C12C=Cc1cc(C(=N)N)ccc1O2. The second kappa shape index (κ2) is 6.88. The second-order valence-corrected chi connectivity index (χ2v) is 9.96. The minimum atomic E-state index is -0.591. The van der Waals surface area contributed by atoms with Crippen LogP contribution in [0.15, 0.2) is 48.5 Å². The highest BCUT2D eigenvalue weighted by atomic mass is 16.5. The summed E-state index contributed by atoms with van der Waals surface area (Å²) in [7, 11) is 6.70. The molecule has 2 aromatic rings. The monoisotopic (exact) mass is 405 g/mol. The Hall–Kier alpha value is -2.79. The van der Waals surface area contributed by atoms with E-state index in [1.165, 1.54) is 11.3 Å². The summed E-state index contributed by atoms with van der Waals surface area (Å²) in [6, 6.07) is 14.4. The zero-order valence-electron chi connectivity index (χ0n) is 18.7. The highest BCUT2D eigenvalue weighted by Crippen LogP contribution is 2.54. The van der Waals surface area contributed by atoms with Gasteiger partial charge in [-0.05, 0) is 55.8 Å². The highest BCUT2D eigenvalue weighted by molar-refractivity contribution is 5.96. The minimum absolute atomic E-state index is 0.0713. The molecule has 1 spiro atoms. The van der Waals surface area contributed by atoms with Gasteiger partial charge in [0.2, 0.25) is 5.72 Å². The van der Waals surface area contributed by atoms with E-state index in [1.54, 1.807) is 0 Å². The number of nitrogens with one attached hydrogen (secondary N) is 1. The number of benzene rings is 2. The zero-order valence-corrected chi connectivity index (χ0v) is 18.7. The lowest BCUT2D eigenvalue weighted by Crippen LogP contribution is -2.60. The van der Waals surface area contributed by atoms with Gasteiger partial charge in [-0.25, -0.2) is 0 Å². The number of hydrogen-bond donors (Lipinski definition) is 2. The normalized spacial score (nSPS) is 21.3. The molecule has 2 aliphatic heterocycles. The van der Waals surface area contributed by atoms with Crippen LogP contribution in [0.25, 0.3) is 6.08 Å². The van der Waals surface area contributed by atoms with Crippen LogP contribution in [0.1, 0.15) is 37.0 Å². The van der Waals surface area contributed by atoms with E-state index in [0.29, 0.717) is 5.56 Å². The first-order valence-corrected chi connectivity index (χ1v) is 10.6. The van der Waals surface area contributed by atoms with Gasteiger partial charge in [0.05, 0.1) is 33.1 Å². The molecule has 0 saturated carbocycles. The van der Waals surface area contributed by atoms with E-state index in [2.05, 4.69) is 76.3 Å². The predicted molar refractivity (Wildman–Crippen MR) is 124 cm³/mol. The number of nitrogens with zero attached hydrogens (tertiary/aromatic N) is 2. The molecule has 1 atom stereocenters. The van der Waals surface area contributed by atoms with E-state index in [9.17, 15) is 0 Å². The molecule has 0 bridgehead atoms. The lowest BCUT2D eigenvalue weighted by Gasteiger charge is -2.47. The van der Waals surface area contributed by atoms with Crippen molar-refractivity contribution in [2.75, 3.05) is 39.1 Å². The fourth-order valence-corrected chi connectivity index (χ4v) is 4.76. The number of rotatable bonds is 5. The Balaban J connectivity index is 1.76. The maximum absolute atomic E-state index is 7.73. The fraction of sp³-hybridized carbons (Fsp3) is 0.400. The van der Waals surface area contributed by atoms with Crippen LogP contribution >= 0.6 is 0 Å². The maximum Gasteiger partial charge on any atom is 0.212 e. The zero-order chi connectivity index (χ0) is 21.7. The molecule has 2 aliphatic rings. The molecule has 3 N–H and O–H groups in total. The number of quaternary nitrogens is 1. The van der Waals surface area contributed by atoms with Gasteiger partial charge < -0.3 is 19.9 Å². The lowest BCUT2D eigenvalue weighted by molar-refractivity contribution is -0.870. The average molecular weight is 406 g/mol. The third-order valence-corrected chi connectivity index (χ3v) is 6.45. The minimum Gasteiger partial charge on any atom is -0.463 e. The molecule has 0 radical (unpaired) electrons. The highest BCUT2D eigenvalue weighted by Gasteiger charge is 2.58. The van der Waals surface area contributed by atoms with Gasteiger partial charge in [0.25, 0.3) is 0 Å². The number of amidine groups is 1. The number of nitrogens with two attached hydrogens (primary N) is 1. The molecule has 0 fully saturated rings. The Morgan fingerprint density at radius 3 is 2.57 bits per heavy atom. The number of nitrogen functional groups attached to an aromatic ring is 1. The predicted octanol–water partition coefficient (Wildman–Crippen LogP) is 3.97. The van der Waals surface area contributed by atoms with E-state index in [4.69, 9.17) is 15.9 Å². The topological polar surface area (TPSA) is 62.3 Å². The standard InChI is InChI=1S/C25H33N4O/c1-24(2)20-9-6-7-10-21(20)28(15-8-16-29(3,4)5)25(24)14-13-18-17-19(23(26)27)11-12-22(18)30-25/h6-7,9-14,17H,8,15-16H2,1-5H3,(H3,26,27)/q+1. The van der Waals surface area contributed by atoms with Crippen molar-refractivity contribution in [2.45, 2.75) is 31.4 Å². The van der Waals surface area contributed by atoms with Crippen molar-refractivity contribution in [3.8, 4) is 5.75 Å². The lowest BCUT2D eigenvalue weighted by atomic mass is 9.76. The van der Waals surface area contributed by atoms with Crippen molar-refractivity contribution in [1.82, 2.24) is 0 Å². The van der Waals surface area contributed by atoms with Crippen molar-refractivity contribution in [3.63, 3.8) is 0 Å². The van der Waals surface area contributed by atoms with Crippen LogP contribution in [0, 0.1) is 5.41 Å². The summed E-state index contributed by atoms with van der Waals surface area (Å²) in [6.07, 6.45) is 5.40. The van der Waals surface area contributed by atoms with Crippen LogP contribution in [0.3, 0.4) is 0 Å². The molecule has 5 nitrogen and oxygen atoms in total. The summed E-state index contributed by atoms with van der Waals surface area (Å²) in [5.41, 5.74) is 9.10. The summed E-state index contributed by atoms with van der Waals surface area (Å²) in [5.74, 6) is 0.905. The molecular formula is C25H33N4O+. The van der Waals surface area contributed by atoms with Crippen LogP contribution in [0.2, 0.25) is 0 Å². The average Bonchev–Trinajstić information content (AvgIpc) is 2.85. The van der Waals surface area contributed by atoms with E-state index in [1.807, 2.05) is 18.2 Å². The Kier molecular flexibility index (Phi) is 4.70. The van der Waals surface area contributed by atoms with Crippen molar-refractivity contribution in [2.24, 2.45) is 5.73 Å². The fourth-order valence-electron chi connectivity index (χ4n) is 4.76. The molecule has 5 heteroatoms. The van der Waals surface area contributed by atoms with E-state index in [-0.39, 0.29) is 11.3 Å². The second-order valence-electron chi connectivity index (χ2n) is 9.96. The van der Waals surface area contributed by atoms with Crippen LogP contribution in [0.4, 0.5) is 5.69 Å². The first-order chi connectivity index (χ1) is 14.1. The van der Waals surface area contributed by atoms with Crippen LogP contribution in [-0.2, 0) is 5.41 Å². The Labute approximate surface area is 179 Å². The van der Waals surface area contributed by atoms with E-state index in [0.717, 1.165) is 35.3 Å². The number of anilines is 1. The van der Waals surface area contributed by atoms with Gasteiger partial charge in [-0.2, -0.15) is 0 Å². The van der Waals surface area contributed by atoms with Gasteiger partial charge in [0.15, 0.2) is 0 Å². The van der Waals surface area contributed by atoms with Crippen molar-refractivity contribution in [3.05, 3.63) is 65.2 Å². The summed E-state index contributed by atoms with van der Waals surface area (Å²) >= 11 is 0. The van der Waals surface area contributed by atoms with E-state index >= 15 is 0 Å². The molecule has 0 aromatic heterocycles. The summed E-state index contributed by atoms with van der Waals surface area (Å²) < 4.78 is 7.77. The van der Waals surface area contributed by atoms with Crippen LogP contribution in [-0.4, -0.2) is 50.3 Å². The molecule has 4 rings (SSSR count). The number of hydrogen-bond acceptors (Lipinski definition) is 3. The molecule has 0 amide bonds. The number of para-hydroxylation sites is 1. The van der Waals surface area contributed by atoms with Crippen molar-refractivity contribution >= 4 is 17.6 Å². The third-order valence-electron chi connectivity index (χ3n) is 6.45. The van der Waals surface area contributed by atoms with Crippen molar-refractivity contribution in [1.29, 1.82) is 5.41 Å². The van der Waals surface area contributed by atoms with E-state index < -0.39 is 5.72 Å². The molecule has 158 valence electrons. The van der Waals surface area contributed by atoms with Crippen LogP contribution in [0.5, 0.6) is 5.75 Å². The van der Waals surface area contributed by atoms with Gasteiger partial charge in [-0.3, -0.25) is 5.41 Å². The maximum atomic E-state index is 7.73. The molecule has 0 aliphatic carbocycles. The van der Waals surface area contributed by atoms with Gasteiger partial charge in [-0.1, -0.05) is 18.2 Å². The van der Waals surface area contributed by atoms with Gasteiger partial charge >= 0.3 is 0 Å². The molecule has 2 aromatic carbocycles. The molecule has 1 unspecified atom stereocenters. The first kappa shape index (κ1) is 20.5. The first-order valence-electron chi connectivity index (χ1n) is 10.6. The summed E-state index contributed by atoms with van der Waals surface area (Å²) in [5, 5.41) is 7.73. The molecule has 0 saturated heterocycles. The Bertz CT molecular complexity index is 1020.